The van der Waals surface area contributed by atoms with Gasteiger partial charge in [0.2, 0.25) is 0 Å². The van der Waals surface area contributed by atoms with Crippen molar-refractivity contribution in [1.82, 2.24) is 5.32 Å². The average Bonchev–Trinajstić information content (AvgIpc) is 2.61. The fourth-order valence-corrected chi connectivity index (χ4v) is 3.09. The van der Waals surface area contributed by atoms with Gasteiger partial charge in [0.15, 0.2) is 11.5 Å². The molecule has 0 aliphatic rings. The minimum atomic E-state index is -0.233. The highest BCUT2D eigenvalue weighted by molar-refractivity contribution is 9.10. The molecule has 1 atom stereocenters. The molecule has 2 aromatic rings. The number of phenolic OH excluding ortho intramolecular Hbond substituents is 4. The summed E-state index contributed by atoms with van der Waals surface area (Å²) in [6.45, 7) is 3.60. The quantitative estimate of drug-likeness (QED) is 0.265. The molecular weight excluding hydrogens is 418 g/mol. The van der Waals surface area contributed by atoms with E-state index in [-0.39, 0.29) is 29.0 Å². The minimum absolute atomic E-state index is 0.0326. The van der Waals surface area contributed by atoms with Crippen LogP contribution in [0.4, 0.5) is 0 Å². The Morgan fingerprint density at radius 1 is 1.15 bits per heavy atom. The Morgan fingerprint density at radius 2 is 1.77 bits per heavy atom. The summed E-state index contributed by atoms with van der Waals surface area (Å²) < 4.78 is 0.372. The first kappa shape index (κ1) is 20.1. The second kappa shape index (κ2) is 8.42. The van der Waals surface area contributed by atoms with Crippen LogP contribution in [0.2, 0.25) is 0 Å². The lowest BCUT2D eigenvalue weighted by atomic mass is 10.0. The van der Waals surface area contributed by atoms with Gasteiger partial charge in [-0.05, 0) is 70.7 Å². The van der Waals surface area contributed by atoms with Crippen LogP contribution < -0.4 is 5.32 Å². The summed E-state index contributed by atoms with van der Waals surface area (Å²) in [6, 6.07) is 6.07. The molecule has 0 amide bonds. The fourth-order valence-electron chi connectivity index (χ4n) is 2.41. The average molecular weight is 438 g/mol. The molecule has 0 saturated carbocycles. The molecule has 0 fully saturated rings. The molecular formula is C19H20BrNO4S. The molecule has 2 rings (SSSR count). The predicted molar refractivity (Wildman–Crippen MR) is 110 cm³/mol. The zero-order chi connectivity index (χ0) is 19.4. The molecule has 0 bridgehead atoms. The largest absolute Gasteiger partial charge is 0.508 e. The molecule has 5 nitrogen and oxygen atoms in total. The van der Waals surface area contributed by atoms with Gasteiger partial charge in [0.1, 0.15) is 11.5 Å². The van der Waals surface area contributed by atoms with Crippen LogP contribution in [0.15, 0.2) is 34.8 Å². The highest BCUT2D eigenvalue weighted by Crippen LogP contribution is 2.36. The van der Waals surface area contributed by atoms with Gasteiger partial charge in [0.05, 0.1) is 15.5 Å². The highest BCUT2D eigenvalue weighted by atomic mass is 79.9. The number of hydrogen-bond donors (Lipinski definition) is 5. The third-order valence-electron chi connectivity index (χ3n) is 4.04. The Balaban J connectivity index is 2.16. The number of phenols is 4. The van der Waals surface area contributed by atoms with Crippen molar-refractivity contribution in [2.75, 3.05) is 0 Å². The van der Waals surface area contributed by atoms with Crippen LogP contribution in [0.3, 0.4) is 0 Å². The van der Waals surface area contributed by atoms with E-state index >= 15 is 0 Å². The minimum Gasteiger partial charge on any atom is -0.508 e. The molecule has 5 N–H and O–H groups in total. The number of benzene rings is 2. The van der Waals surface area contributed by atoms with Crippen LogP contribution in [-0.2, 0) is 0 Å². The van der Waals surface area contributed by atoms with E-state index in [0.29, 0.717) is 27.0 Å². The topological polar surface area (TPSA) is 93.0 Å². The summed E-state index contributed by atoms with van der Waals surface area (Å²) >= 11 is 8.56. The Bertz CT molecular complexity index is 844. The highest BCUT2D eigenvalue weighted by Gasteiger charge is 2.14. The van der Waals surface area contributed by atoms with E-state index in [1.54, 1.807) is 37.3 Å². The molecule has 0 aromatic heterocycles. The molecule has 0 radical (unpaired) electrons. The number of hydrogen-bond acceptors (Lipinski definition) is 5. The number of halogens is 1. The van der Waals surface area contributed by atoms with Crippen molar-refractivity contribution in [3.63, 3.8) is 0 Å². The number of rotatable bonds is 5. The standard InChI is InChI=1S/C19H20BrNO4S/c1-3-13(12-8-15(23)10(2)16(24)9-12)21-17(26)7-5-11-4-6-14(22)19(25)18(11)20/h4-9,13,22-25H,3H2,1-2H3,(H,21,26)/b7-5+. The first-order chi connectivity index (χ1) is 12.2. The Kier molecular flexibility index (Phi) is 6.50. The molecule has 2 aromatic carbocycles. The summed E-state index contributed by atoms with van der Waals surface area (Å²) in [5.74, 6) is -0.377. The molecule has 7 heteroatoms. The molecule has 0 aliphatic carbocycles. The summed E-state index contributed by atoms with van der Waals surface area (Å²) in [5, 5.41) is 42.2. The van der Waals surface area contributed by atoms with E-state index in [2.05, 4.69) is 21.2 Å². The van der Waals surface area contributed by atoms with E-state index in [1.807, 2.05) is 6.92 Å². The summed E-state index contributed by atoms with van der Waals surface area (Å²) in [7, 11) is 0. The molecule has 0 heterocycles. The van der Waals surface area contributed by atoms with Crippen LogP contribution in [0, 0.1) is 6.92 Å². The van der Waals surface area contributed by atoms with E-state index < -0.39 is 0 Å². The van der Waals surface area contributed by atoms with Crippen molar-refractivity contribution < 1.29 is 20.4 Å². The van der Waals surface area contributed by atoms with E-state index in [0.717, 1.165) is 5.56 Å². The maximum absolute atomic E-state index is 9.91. The van der Waals surface area contributed by atoms with Crippen LogP contribution in [0.1, 0.15) is 36.1 Å². The fraction of sp³-hybridized carbons (Fsp3) is 0.211. The van der Waals surface area contributed by atoms with Gasteiger partial charge in [-0.2, -0.15) is 0 Å². The van der Waals surface area contributed by atoms with Gasteiger partial charge < -0.3 is 25.7 Å². The van der Waals surface area contributed by atoms with Gasteiger partial charge in [-0.25, -0.2) is 0 Å². The van der Waals surface area contributed by atoms with E-state index in [4.69, 9.17) is 12.2 Å². The number of thiocarbonyl (C=S) groups is 1. The van der Waals surface area contributed by atoms with Crippen LogP contribution in [0.25, 0.3) is 6.08 Å². The van der Waals surface area contributed by atoms with Gasteiger partial charge >= 0.3 is 0 Å². The maximum atomic E-state index is 9.91. The van der Waals surface area contributed by atoms with Crippen molar-refractivity contribution in [2.45, 2.75) is 26.3 Å². The lowest BCUT2D eigenvalue weighted by Gasteiger charge is -2.19. The van der Waals surface area contributed by atoms with Crippen molar-refractivity contribution >= 4 is 39.2 Å². The van der Waals surface area contributed by atoms with E-state index in [1.165, 1.54) is 6.07 Å². The van der Waals surface area contributed by atoms with Crippen molar-refractivity contribution in [3.05, 3.63) is 51.5 Å². The van der Waals surface area contributed by atoms with Gasteiger partial charge in [-0.3, -0.25) is 0 Å². The van der Waals surface area contributed by atoms with Gasteiger partial charge in [0.25, 0.3) is 0 Å². The summed E-state index contributed by atoms with van der Waals surface area (Å²) in [4.78, 5) is 0.455. The second-order valence-corrected chi connectivity index (χ2v) is 7.06. The Hall–Kier alpha value is -2.25. The first-order valence-corrected chi connectivity index (χ1v) is 9.16. The second-order valence-electron chi connectivity index (χ2n) is 5.82. The molecule has 138 valence electrons. The van der Waals surface area contributed by atoms with Crippen molar-refractivity contribution in [3.8, 4) is 23.0 Å². The molecule has 26 heavy (non-hydrogen) atoms. The van der Waals surface area contributed by atoms with Crippen molar-refractivity contribution in [1.29, 1.82) is 0 Å². The summed E-state index contributed by atoms with van der Waals surface area (Å²) in [6.07, 6.45) is 4.07. The maximum Gasteiger partial charge on any atom is 0.172 e. The molecule has 1 unspecified atom stereocenters. The third-order valence-corrected chi connectivity index (χ3v) is 5.13. The summed E-state index contributed by atoms with van der Waals surface area (Å²) in [5.41, 5.74) is 1.82. The molecule has 0 saturated heterocycles. The monoisotopic (exact) mass is 437 g/mol. The van der Waals surface area contributed by atoms with Gasteiger partial charge in [-0.1, -0.05) is 25.2 Å². The predicted octanol–water partition coefficient (Wildman–Crippen LogP) is 4.66. The van der Waals surface area contributed by atoms with Crippen molar-refractivity contribution in [2.24, 2.45) is 0 Å². The lowest BCUT2D eigenvalue weighted by Crippen LogP contribution is -2.25. The first-order valence-electron chi connectivity index (χ1n) is 7.96. The smallest absolute Gasteiger partial charge is 0.172 e. The zero-order valence-corrected chi connectivity index (χ0v) is 16.7. The number of aromatic hydroxyl groups is 4. The van der Waals surface area contributed by atoms with Gasteiger partial charge in [-0.15, -0.1) is 0 Å². The van der Waals surface area contributed by atoms with Crippen LogP contribution in [-0.4, -0.2) is 25.4 Å². The van der Waals surface area contributed by atoms with Crippen LogP contribution >= 0.6 is 28.1 Å². The molecule has 0 aliphatic heterocycles. The zero-order valence-electron chi connectivity index (χ0n) is 14.3. The van der Waals surface area contributed by atoms with E-state index in [9.17, 15) is 20.4 Å². The number of nitrogens with one attached hydrogen (secondary N) is 1. The Morgan fingerprint density at radius 3 is 2.35 bits per heavy atom. The van der Waals surface area contributed by atoms with Crippen LogP contribution in [0.5, 0.6) is 23.0 Å². The van der Waals surface area contributed by atoms with Gasteiger partial charge in [0, 0.05) is 5.56 Å². The Labute approximate surface area is 165 Å². The third kappa shape index (κ3) is 4.47. The lowest BCUT2D eigenvalue weighted by molar-refractivity contribution is 0.401. The SMILES string of the molecule is CCC(NC(=S)/C=C/c1ccc(O)c(O)c1Br)c1cc(O)c(C)c(O)c1. The normalized spacial score (nSPS) is 12.3. The molecule has 0 spiro atoms.